The first kappa shape index (κ1) is 24.1. The van der Waals surface area contributed by atoms with E-state index < -0.39 is 9.84 Å². The molecule has 3 heterocycles. The van der Waals surface area contributed by atoms with Gasteiger partial charge in [0.1, 0.15) is 24.0 Å². The van der Waals surface area contributed by atoms with Crippen molar-refractivity contribution < 1.29 is 13.2 Å². The average Bonchev–Trinajstić information content (AvgIpc) is 3.16. The molecule has 1 unspecified atom stereocenters. The van der Waals surface area contributed by atoms with Crippen LogP contribution in [0, 0.1) is 25.2 Å². The van der Waals surface area contributed by atoms with E-state index in [2.05, 4.69) is 26.1 Å². The van der Waals surface area contributed by atoms with Crippen LogP contribution in [0.2, 0.25) is 0 Å². The van der Waals surface area contributed by atoms with Crippen LogP contribution < -0.4 is 10.5 Å². The maximum Gasteiger partial charge on any atom is 0.177 e. The molecule has 10 nitrogen and oxygen atoms in total. The van der Waals surface area contributed by atoms with Crippen molar-refractivity contribution in [3.63, 3.8) is 0 Å². The van der Waals surface area contributed by atoms with E-state index in [0.717, 1.165) is 11.8 Å². The van der Waals surface area contributed by atoms with E-state index in [9.17, 15) is 13.7 Å². The Morgan fingerprint density at radius 3 is 2.63 bits per heavy atom. The van der Waals surface area contributed by atoms with E-state index >= 15 is 0 Å². The molecule has 180 valence electrons. The Balaban J connectivity index is 2.03. The minimum absolute atomic E-state index is 0.0540. The molecule has 2 N–H and O–H groups in total. The zero-order valence-corrected chi connectivity index (χ0v) is 20.9. The maximum absolute atomic E-state index is 12.2. The van der Waals surface area contributed by atoms with Gasteiger partial charge in [-0.25, -0.2) is 23.1 Å². The number of nitrogens with two attached hydrogens (primary N) is 1. The molecule has 35 heavy (non-hydrogen) atoms. The highest BCUT2D eigenvalue weighted by Gasteiger charge is 2.26. The van der Waals surface area contributed by atoms with Crippen molar-refractivity contribution in [2.75, 3.05) is 18.6 Å². The van der Waals surface area contributed by atoms with Crippen LogP contribution in [0.3, 0.4) is 0 Å². The van der Waals surface area contributed by atoms with E-state index in [1.54, 1.807) is 4.68 Å². The Hall–Kier alpha value is -4.04. The van der Waals surface area contributed by atoms with Crippen molar-refractivity contribution in [1.82, 2.24) is 24.7 Å². The van der Waals surface area contributed by atoms with Crippen molar-refractivity contribution in [3.05, 3.63) is 53.2 Å². The van der Waals surface area contributed by atoms with Gasteiger partial charge < -0.3 is 10.5 Å². The first-order chi connectivity index (χ1) is 16.6. The molecule has 3 aromatic heterocycles. The van der Waals surface area contributed by atoms with Crippen LogP contribution in [-0.2, 0) is 9.84 Å². The molecule has 0 aliphatic rings. The van der Waals surface area contributed by atoms with Crippen molar-refractivity contribution >= 4 is 26.7 Å². The summed E-state index contributed by atoms with van der Waals surface area (Å²) in [5.41, 5.74) is 10.1. The van der Waals surface area contributed by atoms with Crippen LogP contribution in [-0.4, -0.2) is 46.0 Å². The lowest BCUT2D eigenvalue weighted by molar-refractivity contribution is 0.333. The fourth-order valence-corrected chi connectivity index (χ4v) is 4.78. The molecule has 1 atom stereocenters. The Morgan fingerprint density at radius 2 is 1.97 bits per heavy atom. The van der Waals surface area contributed by atoms with Crippen LogP contribution in [0.25, 0.3) is 22.2 Å². The fraction of sp³-hybridized carbons (Fsp3) is 0.292. The van der Waals surface area contributed by atoms with Crippen LogP contribution in [0.4, 0.5) is 5.82 Å². The molecule has 1 aromatic carbocycles. The van der Waals surface area contributed by atoms with E-state index in [-0.39, 0.29) is 10.9 Å². The number of nitrogens with zero attached hydrogens (tertiary/aromatic N) is 6. The number of nitrogen functional groups attached to an aromatic ring is 1. The van der Waals surface area contributed by atoms with Gasteiger partial charge in [0, 0.05) is 35.3 Å². The largest absolute Gasteiger partial charge is 0.493 e. The highest BCUT2D eigenvalue weighted by molar-refractivity contribution is 7.90. The van der Waals surface area contributed by atoms with Crippen molar-refractivity contribution in [2.24, 2.45) is 0 Å². The van der Waals surface area contributed by atoms with Crippen LogP contribution in [0.5, 0.6) is 5.75 Å². The van der Waals surface area contributed by atoms with Gasteiger partial charge in [-0.1, -0.05) is 0 Å². The number of hydrogen-bond acceptors (Lipinski definition) is 9. The predicted octanol–water partition coefficient (Wildman–Crippen LogP) is 3.37. The number of sulfone groups is 1. The van der Waals surface area contributed by atoms with E-state index in [1.807, 2.05) is 33.8 Å². The number of anilines is 1. The third kappa shape index (κ3) is 4.17. The number of aryl methyl sites for hydroxylation is 2. The molecule has 0 aliphatic heterocycles. The number of aromatic nitrogens is 5. The molecule has 0 aliphatic carbocycles. The number of rotatable bonds is 6. The second-order valence-electron chi connectivity index (χ2n) is 8.25. The molecule has 0 saturated heterocycles. The quantitative estimate of drug-likeness (QED) is 0.428. The SMILES string of the molecule is CCOc1c(C(C)n2nc(C)c3c(N)ncnc32)cc(C)c(C#N)c1-c1cncc(S(C)(=O)=O)c1. The van der Waals surface area contributed by atoms with Gasteiger partial charge in [-0.2, -0.15) is 10.4 Å². The molecule has 0 radical (unpaired) electrons. The number of hydrogen-bond donors (Lipinski definition) is 1. The number of fused-ring (bicyclic) bond motifs is 1. The van der Waals surface area contributed by atoms with Crippen LogP contribution in [0.1, 0.15) is 42.3 Å². The van der Waals surface area contributed by atoms with Gasteiger partial charge in [-0.3, -0.25) is 4.98 Å². The molecule has 0 amide bonds. The molecule has 4 aromatic rings. The minimum Gasteiger partial charge on any atom is -0.493 e. The predicted molar refractivity (Wildman–Crippen MR) is 132 cm³/mol. The summed E-state index contributed by atoms with van der Waals surface area (Å²) in [5.74, 6) is 0.800. The summed E-state index contributed by atoms with van der Waals surface area (Å²) in [4.78, 5) is 12.7. The smallest absolute Gasteiger partial charge is 0.177 e. The van der Waals surface area contributed by atoms with Crippen molar-refractivity contribution in [1.29, 1.82) is 5.26 Å². The molecular formula is C24H25N7O3S. The molecule has 0 fully saturated rings. The monoisotopic (exact) mass is 491 g/mol. The van der Waals surface area contributed by atoms with Gasteiger partial charge in [0.25, 0.3) is 0 Å². The third-order valence-electron chi connectivity index (χ3n) is 5.85. The molecule has 11 heteroatoms. The lowest BCUT2D eigenvalue weighted by Crippen LogP contribution is -2.13. The Kier molecular flexibility index (Phi) is 6.17. The number of nitriles is 1. The Labute approximate surface area is 203 Å². The molecule has 0 bridgehead atoms. The highest BCUT2D eigenvalue weighted by Crippen LogP contribution is 2.42. The summed E-state index contributed by atoms with van der Waals surface area (Å²) in [6.07, 6.45) is 5.32. The number of benzene rings is 1. The topological polar surface area (TPSA) is 150 Å². The summed E-state index contributed by atoms with van der Waals surface area (Å²) >= 11 is 0. The van der Waals surface area contributed by atoms with Gasteiger partial charge in [0.15, 0.2) is 15.5 Å². The minimum atomic E-state index is -3.51. The van der Waals surface area contributed by atoms with Crippen LogP contribution in [0.15, 0.2) is 35.7 Å². The average molecular weight is 492 g/mol. The molecule has 0 saturated carbocycles. The number of ether oxygens (including phenoxy) is 1. The van der Waals surface area contributed by atoms with Crippen molar-refractivity contribution in [2.45, 2.75) is 38.6 Å². The first-order valence-corrected chi connectivity index (χ1v) is 12.8. The number of pyridine rings is 1. The normalized spacial score (nSPS) is 12.5. The van der Waals surface area contributed by atoms with E-state index in [0.29, 0.717) is 57.2 Å². The zero-order valence-electron chi connectivity index (χ0n) is 20.1. The Bertz CT molecular complexity index is 1600. The Morgan fingerprint density at radius 1 is 1.23 bits per heavy atom. The molecule has 0 spiro atoms. The molecule has 4 rings (SSSR count). The lowest BCUT2D eigenvalue weighted by Gasteiger charge is -2.23. The third-order valence-corrected chi connectivity index (χ3v) is 6.93. The van der Waals surface area contributed by atoms with Gasteiger partial charge in [0.05, 0.1) is 34.2 Å². The van der Waals surface area contributed by atoms with Gasteiger partial charge >= 0.3 is 0 Å². The van der Waals surface area contributed by atoms with E-state index in [1.165, 1.54) is 24.8 Å². The zero-order chi connectivity index (χ0) is 25.5. The highest BCUT2D eigenvalue weighted by atomic mass is 32.2. The van der Waals surface area contributed by atoms with Gasteiger partial charge in [-0.05, 0) is 45.4 Å². The first-order valence-electron chi connectivity index (χ1n) is 10.9. The lowest BCUT2D eigenvalue weighted by atomic mass is 9.91. The van der Waals surface area contributed by atoms with Crippen LogP contribution >= 0.6 is 0 Å². The summed E-state index contributed by atoms with van der Waals surface area (Å²) in [7, 11) is -3.51. The maximum atomic E-state index is 12.2. The van der Waals surface area contributed by atoms with E-state index in [4.69, 9.17) is 10.5 Å². The summed E-state index contributed by atoms with van der Waals surface area (Å²) < 4.78 is 32.2. The second kappa shape index (κ2) is 8.96. The summed E-state index contributed by atoms with van der Waals surface area (Å²) in [6.45, 7) is 7.79. The van der Waals surface area contributed by atoms with Crippen molar-refractivity contribution in [3.8, 4) is 22.9 Å². The van der Waals surface area contributed by atoms with Gasteiger partial charge in [-0.15, -0.1) is 0 Å². The summed E-state index contributed by atoms with van der Waals surface area (Å²) in [6, 6.07) is 5.29. The summed E-state index contributed by atoms with van der Waals surface area (Å²) in [5, 5.41) is 15.4. The molecular weight excluding hydrogens is 466 g/mol. The fourth-order valence-electron chi connectivity index (χ4n) is 4.18. The standard InChI is InChI=1S/C24H25N7O3S/c1-6-34-22-18(15(4)31-24-20(14(3)30-31)23(26)28-12-29-24)7-13(2)19(9-25)21(22)16-8-17(11-27-10-16)35(5,32)33/h7-8,10-12,15H,6H2,1-5H3,(H2,26,28,29). The second-order valence-corrected chi connectivity index (χ2v) is 10.3. The van der Waals surface area contributed by atoms with Gasteiger partial charge in [0.2, 0.25) is 0 Å².